The van der Waals surface area contributed by atoms with E-state index in [0.29, 0.717) is 0 Å². The summed E-state index contributed by atoms with van der Waals surface area (Å²) >= 11 is 0. The first-order valence-electron chi connectivity index (χ1n) is 3.45. The van der Waals surface area contributed by atoms with E-state index in [9.17, 15) is 9.59 Å². The predicted octanol–water partition coefficient (Wildman–Crippen LogP) is 0.774. The zero-order valence-corrected chi connectivity index (χ0v) is 14.2. The van der Waals surface area contributed by atoms with Crippen molar-refractivity contribution in [2.45, 2.75) is 19.8 Å². The van der Waals surface area contributed by atoms with Gasteiger partial charge in [-0.25, -0.2) is 0 Å². The van der Waals surface area contributed by atoms with Crippen LogP contribution >= 0.6 is 0 Å². The van der Waals surface area contributed by atoms with Gasteiger partial charge in [-0.1, -0.05) is 6.26 Å². The summed E-state index contributed by atoms with van der Waals surface area (Å²) in [5.74, 6) is -0.703. The van der Waals surface area contributed by atoms with Crippen molar-refractivity contribution in [3.05, 3.63) is 11.8 Å². The molecule has 0 aliphatic rings. The van der Waals surface area contributed by atoms with Gasteiger partial charge in [0.05, 0.1) is 7.11 Å². The topological polar surface area (TPSA) is 63.6 Å². The monoisotopic (exact) mass is 438 g/mol. The maximum absolute atomic E-state index is 10.8. The summed E-state index contributed by atoms with van der Waals surface area (Å²) in [4.78, 5) is 21.3. The van der Waals surface area contributed by atoms with Crippen molar-refractivity contribution < 1.29 is 19.4 Å². The molecule has 13 heavy (non-hydrogen) atoms. The summed E-state index contributed by atoms with van der Waals surface area (Å²) in [6, 6.07) is 0. The third-order valence-electron chi connectivity index (χ3n) is 1.29. The Balaban J connectivity index is 0. The number of ether oxygens (including phenoxy) is 1. The van der Waals surface area contributed by atoms with Crippen LogP contribution in [-0.2, 0) is 14.3 Å². The molecule has 0 spiro atoms. The van der Waals surface area contributed by atoms with Crippen molar-refractivity contribution in [2.24, 2.45) is 0 Å². The van der Waals surface area contributed by atoms with Gasteiger partial charge in [-0.05, 0) is 13.3 Å². The number of ketones is 1. The molecule has 0 saturated heterocycles. The Kier molecular flexibility index (Phi) is 6.53. The van der Waals surface area contributed by atoms with E-state index < -0.39 is 5.97 Å². The first-order chi connectivity index (χ1) is 5.61. The van der Waals surface area contributed by atoms with Crippen LogP contribution in [0.4, 0.5) is 0 Å². The second-order valence-electron chi connectivity index (χ2n) is 2.28. The molecule has 0 amide bonds. The SMILES string of the molecule is COC(=O)C(=[C-]O)CCC(C)=O.[Rf]. The molecular weight excluding hydrogens is 427 g/mol. The molecule has 0 aromatic carbocycles. The predicted molar refractivity (Wildman–Crippen MR) is 41.3 cm³/mol. The molecule has 0 saturated carbocycles. The summed E-state index contributed by atoms with van der Waals surface area (Å²) in [5, 5.41) is 8.44. The number of esters is 1. The van der Waals surface area contributed by atoms with Gasteiger partial charge in [0.2, 0.25) is 0 Å². The van der Waals surface area contributed by atoms with E-state index in [1.54, 1.807) is 6.26 Å². The average molecular weight is 438 g/mol. The maximum atomic E-state index is 10.8. The number of aliphatic hydroxyl groups is 1. The van der Waals surface area contributed by atoms with Gasteiger partial charge in [0, 0.05) is 6.42 Å². The molecule has 0 aliphatic heterocycles. The molecular formula is C8H11O4Rf-. The molecule has 0 aromatic rings. The smallest absolute Gasteiger partial charge is 0.173 e. The second kappa shape index (κ2) is 6.39. The molecule has 1 N–H and O–H groups in total. The number of carbonyl (C=O) groups excluding carboxylic acids is 2. The van der Waals surface area contributed by atoms with Crippen LogP contribution in [-0.4, -0.2) is 24.0 Å². The van der Waals surface area contributed by atoms with Gasteiger partial charge < -0.3 is 19.4 Å². The standard InChI is InChI=1S/C8H11O4.Rf/c1-6(10)3-4-7(5-9)8(11)12-2;/h9H,3-4H2,1-2H3;/q-1;. The van der Waals surface area contributed by atoms with Crippen LogP contribution in [0, 0.1) is 6.26 Å². The minimum Gasteiger partial charge on any atom is -0.607 e. The van der Waals surface area contributed by atoms with Crippen molar-refractivity contribution in [3.8, 4) is 0 Å². The van der Waals surface area contributed by atoms with E-state index in [4.69, 9.17) is 5.11 Å². The Bertz CT molecular complexity index is 210. The first kappa shape index (κ1) is 13.3. The molecule has 0 radical (unpaired) electrons. The Morgan fingerprint density at radius 3 is 2.23 bits per heavy atom. The molecule has 0 heterocycles. The van der Waals surface area contributed by atoms with Crippen molar-refractivity contribution in [2.75, 3.05) is 7.11 Å². The third kappa shape index (κ3) is 5.01. The van der Waals surface area contributed by atoms with Crippen LogP contribution in [0.25, 0.3) is 0 Å². The quantitative estimate of drug-likeness (QED) is 0.305. The van der Waals surface area contributed by atoms with Gasteiger partial charge >= 0.3 is 0 Å². The molecule has 0 unspecified atom stereocenters. The molecule has 5 heteroatoms. The van der Waals surface area contributed by atoms with E-state index in [-0.39, 0.29) is 24.2 Å². The van der Waals surface area contributed by atoms with Gasteiger partial charge in [-0.3, -0.25) is 0 Å². The number of rotatable bonds is 4. The zero-order chi connectivity index (χ0) is 9.56. The van der Waals surface area contributed by atoms with Crippen molar-refractivity contribution in [3.63, 3.8) is 0 Å². The molecule has 0 aliphatic carbocycles. The second-order valence-corrected chi connectivity index (χ2v) is 2.28. The fraction of sp³-hybridized carbons (Fsp3) is 0.500. The van der Waals surface area contributed by atoms with Gasteiger partial charge in [0.1, 0.15) is 5.78 Å². The first-order valence-corrected chi connectivity index (χ1v) is 3.45. The molecule has 0 bridgehead atoms. The molecule has 70 valence electrons. The van der Waals surface area contributed by atoms with Crippen molar-refractivity contribution in [1.82, 2.24) is 0 Å². The number of hydrogen-bond acceptors (Lipinski definition) is 4. The number of methoxy groups -OCH3 is 1. The van der Waals surface area contributed by atoms with E-state index in [0.717, 1.165) is 0 Å². The van der Waals surface area contributed by atoms with Crippen LogP contribution in [0.2, 0.25) is 0 Å². The largest absolute Gasteiger partial charge is 0.607 e. The fourth-order valence-corrected chi connectivity index (χ4v) is 0.628. The number of Topliss-reactive ketones (excluding diaryl/α,β-unsaturated/α-hetero) is 1. The Hall–Kier alpha value is -2.32. The average Bonchev–Trinajstić information content (AvgIpc) is 2.04. The number of hydrogen-bond donors (Lipinski definition) is 1. The third-order valence-corrected chi connectivity index (χ3v) is 1.29. The van der Waals surface area contributed by atoms with Crippen molar-refractivity contribution >= 4 is 11.8 Å². The zero-order valence-electron chi connectivity index (χ0n) is 7.79. The van der Waals surface area contributed by atoms with Gasteiger partial charge in [0.25, 0.3) is 0 Å². The summed E-state index contributed by atoms with van der Waals surface area (Å²) < 4.78 is 4.33. The van der Waals surface area contributed by atoms with Gasteiger partial charge in [-0.2, -0.15) is 0 Å². The fourth-order valence-electron chi connectivity index (χ4n) is 0.628. The minimum absolute atomic E-state index is 0. The molecule has 0 aromatic heterocycles. The maximum Gasteiger partial charge on any atom is 0.173 e. The molecule has 0 fully saturated rings. The van der Waals surface area contributed by atoms with Gasteiger partial charge in [-0.15, -0.1) is 5.57 Å². The molecule has 0 atom stereocenters. The van der Waals surface area contributed by atoms with Crippen LogP contribution in [0.15, 0.2) is 5.57 Å². The number of carbonyl (C=O) groups is 2. The van der Waals surface area contributed by atoms with Crippen molar-refractivity contribution in [1.29, 1.82) is 0 Å². The molecule has 0 rings (SSSR count). The Morgan fingerprint density at radius 1 is 1.38 bits per heavy atom. The molecule has 4 nitrogen and oxygen atoms in total. The van der Waals surface area contributed by atoms with Crippen LogP contribution in [0.5, 0.6) is 0 Å². The summed E-state index contributed by atoms with van der Waals surface area (Å²) in [6.07, 6.45) is 2.07. The Labute approximate surface area is 70.8 Å². The van der Waals surface area contributed by atoms with Crippen LogP contribution in [0.3, 0.4) is 0 Å². The van der Waals surface area contributed by atoms with E-state index in [2.05, 4.69) is 4.74 Å². The van der Waals surface area contributed by atoms with Crippen LogP contribution in [0.1, 0.15) is 19.8 Å². The van der Waals surface area contributed by atoms with Crippen LogP contribution < -0.4 is 0 Å². The minimum atomic E-state index is -0.654. The Morgan fingerprint density at radius 2 is 1.92 bits per heavy atom. The van der Waals surface area contributed by atoms with Gasteiger partial charge in [0.15, 0.2) is 5.97 Å². The summed E-state index contributed by atoms with van der Waals surface area (Å²) in [5.41, 5.74) is -0.00676. The summed E-state index contributed by atoms with van der Waals surface area (Å²) in [6.45, 7) is 1.41. The normalized spacial score (nSPS) is 10.2. The number of aliphatic hydroxyl groups excluding tert-OH is 1. The van der Waals surface area contributed by atoms with E-state index in [1.807, 2.05) is 0 Å². The van der Waals surface area contributed by atoms with E-state index >= 15 is 0 Å². The summed E-state index contributed by atoms with van der Waals surface area (Å²) in [7, 11) is 1.20. The van der Waals surface area contributed by atoms with E-state index in [1.165, 1.54) is 14.0 Å².